The van der Waals surface area contributed by atoms with E-state index in [1.807, 2.05) is 0 Å². The van der Waals surface area contributed by atoms with Gasteiger partial charge in [-0.25, -0.2) is 4.79 Å². The highest BCUT2D eigenvalue weighted by atomic mass is 16.7. The van der Waals surface area contributed by atoms with E-state index in [-0.39, 0.29) is 18.6 Å². The van der Waals surface area contributed by atoms with E-state index in [0.717, 1.165) is 0 Å². The van der Waals surface area contributed by atoms with Crippen LogP contribution in [-0.4, -0.2) is 47.1 Å². The van der Waals surface area contributed by atoms with Crippen molar-refractivity contribution in [2.75, 3.05) is 0 Å². The second kappa shape index (κ2) is 9.02. The molecule has 0 rings (SSSR count). The first kappa shape index (κ1) is 20.8. The van der Waals surface area contributed by atoms with Crippen LogP contribution in [-0.2, 0) is 23.8 Å². The summed E-state index contributed by atoms with van der Waals surface area (Å²) in [7, 11) is 0. The van der Waals surface area contributed by atoms with Gasteiger partial charge in [-0.15, -0.1) is 6.58 Å². The quantitative estimate of drug-likeness (QED) is 0.358. The zero-order valence-electron chi connectivity index (χ0n) is 14.3. The van der Waals surface area contributed by atoms with Crippen molar-refractivity contribution in [1.82, 2.24) is 0 Å². The fourth-order valence-electron chi connectivity index (χ4n) is 1.90. The Labute approximate surface area is 132 Å². The number of carbonyl (C=O) groups is 2. The highest BCUT2D eigenvalue weighted by Crippen LogP contribution is 2.25. The molecular formula is C16H28O6. The predicted molar refractivity (Wildman–Crippen MR) is 82.6 cm³/mol. The van der Waals surface area contributed by atoms with Crippen LogP contribution in [0.5, 0.6) is 0 Å². The molecule has 0 aliphatic heterocycles. The van der Waals surface area contributed by atoms with Gasteiger partial charge >= 0.3 is 5.97 Å². The molecule has 1 unspecified atom stereocenters. The molecule has 0 spiro atoms. The molecular weight excluding hydrogens is 288 g/mol. The summed E-state index contributed by atoms with van der Waals surface area (Å²) in [6.45, 7) is 13.8. The number of ether oxygens (including phenoxy) is 3. The molecule has 0 aliphatic carbocycles. The second-order valence-electron chi connectivity index (χ2n) is 5.86. The van der Waals surface area contributed by atoms with E-state index in [1.54, 1.807) is 41.5 Å². The third kappa shape index (κ3) is 5.87. The van der Waals surface area contributed by atoms with Gasteiger partial charge in [0.15, 0.2) is 0 Å². The van der Waals surface area contributed by atoms with E-state index in [1.165, 1.54) is 6.08 Å². The molecule has 1 atom stereocenters. The molecule has 128 valence electrons. The minimum atomic E-state index is -2.07. The number of rotatable bonds is 11. The second-order valence-corrected chi connectivity index (χ2v) is 5.86. The molecule has 22 heavy (non-hydrogen) atoms. The lowest BCUT2D eigenvalue weighted by atomic mass is 9.92. The van der Waals surface area contributed by atoms with Crippen LogP contribution >= 0.6 is 0 Å². The van der Waals surface area contributed by atoms with Crippen molar-refractivity contribution in [1.29, 1.82) is 0 Å². The van der Waals surface area contributed by atoms with Crippen molar-refractivity contribution >= 4 is 11.8 Å². The van der Waals surface area contributed by atoms with Gasteiger partial charge in [0.25, 0.3) is 0 Å². The van der Waals surface area contributed by atoms with Crippen molar-refractivity contribution in [2.24, 2.45) is 0 Å². The summed E-state index contributed by atoms with van der Waals surface area (Å²) >= 11 is 0. The highest BCUT2D eigenvalue weighted by Gasteiger charge is 2.51. The summed E-state index contributed by atoms with van der Waals surface area (Å²) in [6.07, 6.45) is -1.20. The number of hydrogen-bond acceptors (Lipinski definition) is 5. The molecule has 1 N–H and O–H groups in total. The van der Waals surface area contributed by atoms with Gasteiger partial charge in [0.1, 0.15) is 0 Å². The molecule has 0 aromatic rings. The first-order chi connectivity index (χ1) is 10.1. The highest BCUT2D eigenvalue weighted by molar-refractivity contribution is 6.08. The van der Waals surface area contributed by atoms with Crippen molar-refractivity contribution in [3.05, 3.63) is 12.7 Å². The fourth-order valence-corrected chi connectivity index (χ4v) is 1.90. The van der Waals surface area contributed by atoms with Crippen LogP contribution in [0.2, 0.25) is 0 Å². The summed E-state index contributed by atoms with van der Waals surface area (Å²) in [4.78, 5) is 24.6. The van der Waals surface area contributed by atoms with Gasteiger partial charge in [0.05, 0.1) is 18.3 Å². The standard InChI is InChI=1S/C16H28O6/c1-8-9-16(15(18)19,22-12(6)7)13(17)14(20-10(2)3)21-11(4)5/h8,10-12,14H,1,9H2,2-7H3,(H,18,19). The molecule has 6 nitrogen and oxygen atoms in total. The minimum absolute atomic E-state index is 0.168. The third-order valence-electron chi connectivity index (χ3n) is 2.62. The normalized spacial score (nSPS) is 14.6. The molecule has 0 aromatic carbocycles. The summed E-state index contributed by atoms with van der Waals surface area (Å²) in [5.74, 6) is -2.15. The van der Waals surface area contributed by atoms with E-state index in [4.69, 9.17) is 14.2 Å². The Morgan fingerprint density at radius 3 is 1.77 bits per heavy atom. The van der Waals surface area contributed by atoms with Crippen molar-refractivity contribution in [2.45, 2.75) is 78.2 Å². The SMILES string of the molecule is C=CCC(OC(C)C)(C(=O)O)C(=O)C(OC(C)C)OC(C)C. The maximum atomic E-state index is 12.8. The maximum Gasteiger partial charge on any atom is 0.344 e. The number of aliphatic carboxylic acids is 1. The van der Waals surface area contributed by atoms with E-state index in [9.17, 15) is 14.7 Å². The van der Waals surface area contributed by atoms with Crippen molar-refractivity contribution < 1.29 is 28.9 Å². The average molecular weight is 316 g/mol. The minimum Gasteiger partial charge on any atom is -0.479 e. The van der Waals surface area contributed by atoms with Gasteiger partial charge in [-0.2, -0.15) is 0 Å². The van der Waals surface area contributed by atoms with E-state index >= 15 is 0 Å². The lowest BCUT2D eigenvalue weighted by Gasteiger charge is -2.33. The van der Waals surface area contributed by atoms with Gasteiger partial charge < -0.3 is 19.3 Å². The Morgan fingerprint density at radius 2 is 1.50 bits per heavy atom. The fraction of sp³-hybridized carbons (Fsp3) is 0.750. The number of carboxylic acids is 1. The van der Waals surface area contributed by atoms with Crippen LogP contribution < -0.4 is 0 Å². The lowest BCUT2D eigenvalue weighted by Crippen LogP contribution is -2.56. The number of ketones is 1. The zero-order chi connectivity index (χ0) is 17.5. The van der Waals surface area contributed by atoms with Crippen LogP contribution in [0.1, 0.15) is 48.0 Å². The molecule has 0 saturated heterocycles. The Kier molecular flexibility index (Phi) is 8.52. The van der Waals surface area contributed by atoms with Crippen LogP contribution in [0.25, 0.3) is 0 Å². The van der Waals surface area contributed by atoms with E-state index < -0.39 is 29.7 Å². The first-order valence-corrected chi connectivity index (χ1v) is 7.44. The molecule has 6 heteroatoms. The Morgan fingerprint density at radius 1 is 1.05 bits per heavy atom. The van der Waals surface area contributed by atoms with E-state index in [0.29, 0.717) is 0 Å². The van der Waals surface area contributed by atoms with E-state index in [2.05, 4.69) is 6.58 Å². The average Bonchev–Trinajstić information content (AvgIpc) is 2.34. The van der Waals surface area contributed by atoms with Crippen LogP contribution in [0.3, 0.4) is 0 Å². The third-order valence-corrected chi connectivity index (χ3v) is 2.62. The van der Waals surface area contributed by atoms with Gasteiger partial charge in [-0.05, 0) is 41.5 Å². The number of hydrogen-bond donors (Lipinski definition) is 1. The molecule has 0 radical (unpaired) electrons. The van der Waals surface area contributed by atoms with Crippen molar-refractivity contribution in [3.8, 4) is 0 Å². The van der Waals surface area contributed by atoms with Gasteiger partial charge in [-0.1, -0.05) is 6.08 Å². The van der Waals surface area contributed by atoms with Crippen LogP contribution in [0.15, 0.2) is 12.7 Å². The molecule has 0 aromatic heterocycles. The van der Waals surface area contributed by atoms with Crippen LogP contribution in [0, 0.1) is 0 Å². The summed E-state index contributed by atoms with van der Waals surface area (Å²) in [5, 5.41) is 9.59. The molecule has 0 aliphatic rings. The van der Waals surface area contributed by atoms with Gasteiger partial charge in [0, 0.05) is 6.42 Å². The monoisotopic (exact) mass is 316 g/mol. The van der Waals surface area contributed by atoms with Crippen molar-refractivity contribution in [3.63, 3.8) is 0 Å². The molecule has 0 heterocycles. The number of carbonyl (C=O) groups excluding carboxylic acids is 1. The molecule has 0 fully saturated rings. The predicted octanol–water partition coefficient (Wildman–Crippen LogP) is 2.56. The smallest absolute Gasteiger partial charge is 0.344 e. The Hall–Kier alpha value is -1.24. The molecule has 0 amide bonds. The van der Waals surface area contributed by atoms with Gasteiger partial charge in [-0.3, -0.25) is 4.79 Å². The summed E-state index contributed by atoms with van der Waals surface area (Å²) < 4.78 is 16.4. The zero-order valence-corrected chi connectivity index (χ0v) is 14.3. The largest absolute Gasteiger partial charge is 0.479 e. The molecule has 0 saturated carbocycles. The lowest BCUT2D eigenvalue weighted by molar-refractivity contribution is -0.215. The summed E-state index contributed by atoms with van der Waals surface area (Å²) in [5.41, 5.74) is -2.07. The maximum absolute atomic E-state index is 12.8. The summed E-state index contributed by atoms with van der Waals surface area (Å²) in [6, 6.07) is 0. The van der Waals surface area contributed by atoms with Gasteiger partial charge in [0.2, 0.25) is 17.7 Å². The van der Waals surface area contributed by atoms with Crippen LogP contribution in [0.4, 0.5) is 0 Å². The number of Topliss-reactive ketones (excluding diaryl/α,β-unsaturated/α-hetero) is 1. The molecule has 0 bridgehead atoms. The topological polar surface area (TPSA) is 82.1 Å². The number of carboxylic acid groups (broad SMARTS) is 1. The first-order valence-electron chi connectivity index (χ1n) is 7.44. The Balaban J connectivity index is 5.68. The Bertz CT molecular complexity index is 378.